The van der Waals surface area contributed by atoms with Gasteiger partial charge in [-0.15, -0.1) is 0 Å². The Morgan fingerprint density at radius 1 is 0.315 bits per heavy atom. The molecule has 1 spiro atoms. The topological polar surface area (TPSA) is 16.3 Å². The molecular formula is C85H58N4. The average Bonchev–Trinajstić information content (AvgIpc) is 1.51. The molecule has 3 aliphatic carbocycles. The minimum Gasteiger partial charge on any atom is -0.334 e. The highest BCUT2D eigenvalue weighted by molar-refractivity contribution is 6.12. The summed E-state index contributed by atoms with van der Waals surface area (Å²) in [6.45, 7) is 0. The van der Waals surface area contributed by atoms with Crippen molar-refractivity contribution in [1.29, 1.82) is 0 Å². The third kappa shape index (κ3) is 7.73. The summed E-state index contributed by atoms with van der Waals surface area (Å²) >= 11 is 0. The fourth-order valence-corrected chi connectivity index (χ4v) is 15.5. The van der Waals surface area contributed by atoms with Crippen LogP contribution in [0, 0.1) is 0 Å². The Balaban J connectivity index is 0.794. The predicted octanol–water partition coefficient (Wildman–Crippen LogP) is 22.1. The molecule has 2 aromatic heterocycles. The van der Waals surface area contributed by atoms with Gasteiger partial charge in [-0.3, -0.25) is 0 Å². The van der Waals surface area contributed by atoms with Gasteiger partial charge in [0.05, 0.1) is 39.2 Å². The van der Waals surface area contributed by atoms with E-state index in [0.29, 0.717) is 0 Å². The van der Waals surface area contributed by atoms with E-state index in [1.165, 1.54) is 110 Å². The maximum Gasteiger partial charge on any atom is 0.0727 e. The molecule has 0 radical (unpaired) electrons. The number of allylic oxidation sites excluding steroid dienone is 2. The van der Waals surface area contributed by atoms with Crippen LogP contribution in [0.15, 0.2) is 334 Å². The van der Waals surface area contributed by atoms with Gasteiger partial charge in [0.1, 0.15) is 0 Å². The first-order valence-electron chi connectivity index (χ1n) is 31.0. The van der Waals surface area contributed by atoms with E-state index in [0.717, 1.165) is 46.1 Å². The van der Waals surface area contributed by atoms with Crippen LogP contribution in [0.5, 0.6) is 0 Å². The third-order valence-electron chi connectivity index (χ3n) is 19.2. The summed E-state index contributed by atoms with van der Waals surface area (Å²) in [5.41, 5.74) is 27.1. The van der Waals surface area contributed by atoms with Crippen LogP contribution < -0.4 is 9.80 Å². The summed E-state index contributed by atoms with van der Waals surface area (Å²) in [6, 6.07) is 115. The van der Waals surface area contributed by atoms with E-state index in [9.17, 15) is 0 Å². The van der Waals surface area contributed by atoms with Crippen LogP contribution in [-0.2, 0) is 5.41 Å². The molecule has 418 valence electrons. The second kappa shape index (κ2) is 20.3. The van der Waals surface area contributed by atoms with Gasteiger partial charge in [-0.05, 0) is 171 Å². The van der Waals surface area contributed by atoms with Gasteiger partial charge in [0.2, 0.25) is 0 Å². The number of para-hydroxylation sites is 5. The Morgan fingerprint density at radius 2 is 0.753 bits per heavy atom. The van der Waals surface area contributed by atoms with Gasteiger partial charge in [0, 0.05) is 66.8 Å². The summed E-state index contributed by atoms with van der Waals surface area (Å²) in [6.07, 6.45) is 10.00. The smallest absolute Gasteiger partial charge is 0.0727 e. The van der Waals surface area contributed by atoms with Crippen molar-refractivity contribution in [3.63, 3.8) is 0 Å². The number of rotatable bonds is 10. The van der Waals surface area contributed by atoms with E-state index in [2.05, 4.69) is 353 Å². The Hall–Kier alpha value is -11.5. The quantitative estimate of drug-likeness (QED) is 0.136. The highest BCUT2D eigenvalue weighted by Gasteiger charge is 2.53. The first-order valence-corrected chi connectivity index (χ1v) is 31.0. The molecule has 4 heteroatoms. The van der Waals surface area contributed by atoms with Gasteiger partial charge in [0.15, 0.2) is 0 Å². The van der Waals surface area contributed by atoms with Crippen LogP contribution in [0.25, 0.3) is 99.5 Å². The molecule has 2 unspecified atom stereocenters. The zero-order valence-corrected chi connectivity index (χ0v) is 48.8. The SMILES string of the molecule is C1=CCC(N(c2cccc(-c3ccc4c(c3)c3ccccc3n4-c3ccccc3)c2)c2cccc3c2-c2ccccc2C32c3ccccc3-c3c(N(c4ccccc4)c4cccc(-c5ccc6c(c5)c5ccccc5n6-c5ccccc5)c4)cccc32)C=C1. The largest absolute Gasteiger partial charge is 0.334 e. The maximum absolute atomic E-state index is 2.62. The van der Waals surface area contributed by atoms with Crippen molar-refractivity contribution < 1.29 is 0 Å². The summed E-state index contributed by atoms with van der Waals surface area (Å²) in [5.74, 6) is 0. The van der Waals surface area contributed by atoms with Gasteiger partial charge >= 0.3 is 0 Å². The maximum atomic E-state index is 2.62. The van der Waals surface area contributed by atoms with Crippen LogP contribution in [0.4, 0.5) is 28.4 Å². The van der Waals surface area contributed by atoms with Crippen molar-refractivity contribution in [1.82, 2.24) is 9.13 Å². The highest BCUT2D eigenvalue weighted by atomic mass is 15.2. The van der Waals surface area contributed by atoms with Gasteiger partial charge in [-0.2, -0.15) is 0 Å². The monoisotopic (exact) mass is 1130 g/mol. The van der Waals surface area contributed by atoms with E-state index in [4.69, 9.17) is 0 Å². The highest BCUT2D eigenvalue weighted by Crippen LogP contribution is 2.66. The first-order chi connectivity index (χ1) is 44.2. The molecule has 0 aliphatic heterocycles. The van der Waals surface area contributed by atoms with Crippen molar-refractivity contribution in [3.05, 3.63) is 356 Å². The van der Waals surface area contributed by atoms with Gasteiger partial charge in [-0.1, -0.05) is 224 Å². The van der Waals surface area contributed by atoms with E-state index >= 15 is 0 Å². The number of aromatic nitrogens is 2. The summed E-state index contributed by atoms with van der Waals surface area (Å²) in [5, 5.41) is 4.96. The molecule has 0 saturated heterocycles. The molecular weight excluding hydrogens is 1080 g/mol. The van der Waals surface area contributed by atoms with Crippen LogP contribution in [-0.4, -0.2) is 15.2 Å². The van der Waals surface area contributed by atoms with E-state index < -0.39 is 5.41 Å². The van der Waals surface area contributed by atoms with E-state index in [-0.39, 0.29) is 6.04 Å². The normalized spacial score (nSPS) is 15.2. The van der Waals surface area contributed by atoms with Gasteiger partial charge in [0.25, 0.3) is 0 Å². The molecule has 3 aliphatic rings. The minimum absolute atomic E-state index is 0.0679. The summed E-state index contributed by atoms with van der Waals surface area (Å²) in [4.78, 5) is 5.12. The molecule has 2 heterocycles. The molecule has 0 amide bonds. The van der Waals surface area contributed by atoms with Crippen molar-refractivity contribution in [2.45, 2.75) is 17.9 Å². The lowest BCUT2D eigenvalue weighted by Gasteiger charge is -2.35. The molecule has 18 rings (SSSR count). The molecule has 2 atom stereocenters. The molecule has 4 nitrogen and oxygen atoms in total. The Morgan fingerprint density at radius 3 is 1.33 bits per heavy atom. The van der Waals surface area contributed by atoms with Crippen LogP contribution >= 0.6 is 0 Å². The van der Waals surface area contributed by atoms with Crippen LogP contribution in [0.2, 0.25) is 0 Å². The lowest BCUT2D eigenvalue weighted by molar-refractivity contribution is 0.779. The lowest BCUT2D eigenvalue weighted by Crippen LogP contribution is -2.31. The summed E-state index contributed by atoms with van der Waals surface area (Å²) in [7, 11) is 0. The Bertz CT molecular complexity index is 5380. The Kier molecular flexibility index (Phi) is 11.6. The molecule has 15 aromatic rings. The fourth-order valence-electron chi connectivity index (χ4n) is 15.5. The number of anilines is 5. The predicted molar refractivity (Wildman–Crippen MR) is 372 cm³/mol. The van der Waals surface area contributed by atoms with Crippen molar-refractivity contribution in [2.24, 2.45) is 0 Å². The van der Waals surface area contributed by atoms with E-state index in [1.54, 1.807) is 0 Å². The van der Waals surface area contributed by atoms with Gasteiger partial charge < -0.3 is 18.9 Å². The zero-order chi connectivity index (χ0) is 58.6. The van der Waals surface area contributed by atoms with E-state index in [1.807, 2.05) is 0 Å². The second-order valence-corrected chi connectivity index (χ2v) is 23.8. The number of nitrogens with zero attached hydrogens (tertiary/aromatic N) is 4. The third-order valence-corrected chi connectivity index (χ3v) is 19.2. The molecule has 13 aromatic carbocycles. The molecule has 0 N–H and O–H groups in total. The number of benzene rings is 13. The fraction of sp³-hybridized carbons (Fsp3) is 0.0353. The standard InChI is InChI=1S/C85H58N4/c1-5-27-61(28-6-1)86(65-35-21-25-57(53-65)59-49-51-79-71(55-59)67-37-15-19-45-77(67)88(79)63-31-9-3-10-32-63)81-47-23-43-75-83(81)69-39-13-17-41-73(69)85(75)74-42-18-14-40-70(74)84-76(85)44-24-48-82(84)87(62-29-7-2-8-30-62)66-36-22-26-58(54-66)60-50-52-80-72(56-60)68-38-16-20-46-78(68)89(80)64-33-11-4-12-34-64/h1-29,31-56,62H,30H2. The molecule has 0 fully saturated rings. The number of fused-ring (bicyclic) bond motifs is 16. The zero-order valence-electron chi connectivity index (χ0n) is 48.8. The lowest BCUT2D eigenvalue weighted by atomic mass is 9.70. The molecule has 89 heavy (non-hydrogen) atoms. The van der Waals surface area contributed by atoms with Crippen molar-refractivity contribution >= 4 is 72.0 Å². The van der Waals surface area contributed by atoms with Gasteiger partial charge in [-0.25, -0.2) is 0 Å². The molecule has 0 saturated carbocycles. The minimum atomic E-state index is -0.618. The summed E-state index contributed by atoms with van der Waals surface area (Å²) < 4.78 is 4.78. The van der Waals surface area contributed by atoms with Crippen molar-refractivity contribution in [2.75, 3.05) is 9.80 Å². The number of hydrogen-bond acceptors (Lipinski definition) is 2. The average molecular weight is 1140 g/mol. The van der Waals surface area contributed by atoms with Crippen molar-refractivity contribution in [3.8, 4) is 55.9 Å². The van der Waals surface area contributed by atoms with Crippen LogP contribution in [0.1, 0.15) is 28.7 Å². The molecule has 0 bridgehead atoms. The number of hydrogen-bond donors (Lipinski definition) is 0. The first kappa shape index (κ1) is 50.8. The van der Waals surface area contributed by atoms with Crippen LogP contribution in [0.3, 0.4) is 0 Å². The second-order valence-electron chi connectivity index (χ2n) is 23.8. The Labute approximate surface area is 517 Å².